The Labute approximate surface area is 149 Å². The Kier molecular flexibility index (Phi) is 6.50. The predicted octanol–water partition coefficient (Wildman–Crippen LogP) is 2.75. The second-order valence-electron chi connectivity index (χ2n) is 5.75. The van der Waals surface area contributed by atoms with Crippen LogP contribution in [-0.2, 0) is 17.7 Å². The van der Waals surface area contributed by atoms with E-state index in [0.29, 0.717) is 23.8 Å². The Bertz CT molecular complexity index is 737. The molecule has 0 aliphatic carbocycles. The minimum Gasteiger partial charge on any atom is -0.507 e. The Morgan fingerprint density at radius 3 is 2.76 bits per heavy atom. The summed E-state index contributed by atoms with van der Waals surface area (Å²) in [5.41, 5.74) is 16.6. The monoisotopic (exact) mass is 344 g/mol. The number of nitrogen functional groups attached to an aromatic ring is 1. The van der Waals surface area contributed by atoms with Crippen molar-refractivity contribution >= 4 is 17.6 Å². The summed E-state index contributed by atoms with van der Waals surface area (Å²) in [5.74, 6) is 0.762. The summed E-state index contributed by atoms with van der Waals surface area (Å²) in [6, 6.07) is 7.01. The van der Waals surface area contributed by atoms with Gasteiger partial charge in [-0.25, -0.2) is 0 Å². The van der Waals surface area contributed by atoms with Gasteiger partial charge in [0.1, 0.15) is 11.6 Å². The molecule has 0 atom stereocenters. The first-order valence-corrected chi connectivity index (χ1v) is 8.56. The van der Waals surface area contributed by atoms with Gasteiger partial charge in [-0.15, -0.1) is 0 Å². The van der Waals surface area contributed by atoms with Gasteiger partial charge in [0.15, 0.2) is 0 Å². The molecule has 6 nitrogen and oxygen atoms in total. The number of nitrogens with zero attached hydrogens (tertiary/aromatic N) is 1. The third kappa shape index (κ3) is 4.15. The predicted molar refractivity (Wildman–Crippen MR) is 103 cm³/mol. The molecule has 1 aromatic carbocycles. The number of rotatable bonds is 4. The number of hydrogen-bond acceptors (Lipinski definition) is 5. The number of benzene rings is 1. The van der Waals surface area contributed by atoms with Gasteiger partial charge in [0, 0.05) is 49.1 Å². The van der Waals surface area contributed by atoms with Gasteiger partial charge in [0.25, 0.3) is 0 Å². The van der Waals surface area contributed by atoms with Crippen LogP contribution in [-0.4, -0.2) is 35.4 Å². The van der Waals surface area contributed by atoms with Gasteiger partial charge in [-0.2, -0.15) is 0 Å². The molecule has 0 bridgehead atoms. The molecule has 6 N–H and O–H groups in total. The summed E-state index contributed by atoms with van der Waals surface area (Å²) in [5, 5.41) is 9.94. The number of ether oxygens (including phenoxy) is 1. The Morgan fingerprint density at radius 2 is 2.08 bits per heavy atom. The van der Waals surface area contributed by atoms with E-state index in [1.54, 1.807) is 25.3 Å². The van der Waals surface area contributed by atoms with Crippen molar-refractivity contribution in [1.82, 2.24) is 9.88 Å². The fourth-order valence-corrected chi connectivity index (χ4v) is 3.01. The first-order valence-electron chi connectivity index (χ1n) is 8.56. The highest BCUT2D eigenvalue weighted by Gasteiger charge is 2.22. The van der Waals surface area contributed by atoms with E-state index in [-0.39, 0.29) is 5.75 Å². The van der Waals surface area contributed by atoms with E-state index in [2.05, 4.69) is 9.88 Å². The molecule has 6 heteroatoms. The molecule has 0 fully saturated rings. The third-order valence-corrected chi connectivity index (χ3v) is 4.15. The van der Waals surface area contributed by atoms with E-state index in [4.69, 9.17) is 16.2 Å². The molecule has 3 rings (SSSR count). The maximum absolute atomic E-state index is 9.94. The molecule has 0 unspecified atom stereocenters. The summed E-state index contributed by atoms with van der Waals surface area (Å²) < 4.78 is 5.22. The van der Waals surface area contributed by atoms with Crippen LogP contribution in [0.4, 0.5) is 5.82 Å². The zero-order valence-electron chi connectivity index (χ0n) is 15.2. The van der Waals surface area contributed by atoms with Crippen LogP contribution in [0.2, 0.25) is 0 Å². The molecule has 1 aliphatic heterocycles. The number of phenols is 1. The Balaban J connectivity index is 0.00000109. The van der Waals surface area contributed by atoms with Crippen LogP contribution in [0, 0.1) is 0 Å². The fourth-order valence-electron chi connectivity index (χ4n) is 3.01. The van der Waals surface area contributed by atoms with Crippen LogP contribution in [0.5, 0.6) is 5.75 Å². The molecule has 0 saturated carbocycles. The molecular formula is C19H28N4O2. The number of aromatic amines is 1. The van der Waals surface area contributed by atoms with Crippen LogP contribution in [0.1, 0.15) is 36.2 Å². The van der Waals surface area contributed by atoms with Crippen molar-refractivity contribution < 1.29 is 9.84 Å². The van der Waals surface area contributed by atoms with Crippen LogP contribution >= 0.6 is 0 Å². The maximum atomic E-state index is 9.94. The van der Waals surface area contributed by atoms with Crippen molar-refractivity contribution in [3.63, 3.8) is 0 Å². The number of hydrogen-bond donors (Lipinski definition) is 4. The number of methoxy groups -OCH3 is 1. The average molecular weight is 344 g/mol. The van der Waals surface area contributed by atoms with Crippen molar-refractivity contribution in [2.75, 3.05) is 26.1 Å². The number of anilines is 1. The number of H-pyrrole nitrogens is 1. The normalized spacial score (nSPS) is 14.6. The molecular weight excluding hydrogens is 316 g/mol. The lowest BCUT2D eigenvalue weighted by atomic mass is 10.0. The topological polar surface area (TPSA) is 101 Å². The molecule has 2 aromatic rings. The van der Waals surface area contributed by atoms with Crippen molar-refractivity contribution in [2.24, 2.45) is 5.73 Å². The number of aromatic hydroxyl groups is 1. The van der Waals surface area contributed by atoms with Crippen LogP contribution < -0.4 is 11.5 Å². The van der Waals surface area contributed by atoms with Crippen molar-refractivity contribution in [3.8, 4) is 5.75 Å². The lowest BCUT2D eigenvalue weighted by molar-refractivity contribution is 0.0541. The number of para-hydroxylation sites is 1. The van der Waals surface area contributed by atoms with Gasteiger partial charge in [-0.1, -0.05) is 26.0 Å². The van der Waals surface area contributed by atoms with Crippen molar-refractivity contribution in [3.05, 3.63) is 46.6 Å². The van der Waals surface area contributed by atoms with E-state index in [9.17, 15) is 5.11 Å². The number of nitrogens with one attached hydrogen (secondary N) is 1. The third-order valence-electron chi connectivity index (χ3n) is 4.15. The largest absolute Gasteiger partial charge is 0.507 e. The lowest BCUT2D eigenvalue weighted by Crippen LogP contribution is -2.32. The molecule has 0 saturated heterocycles. The highest BCUT2D eigenvalue weighted by atomic mass is 16.5. The first-order chi connectivity index (χ1) is 12.1. The quantitative estimate of drug-likeness (QED) is 0.683. The van der Waals surface area contributed by atoms with E-state index in [1.807, 2.05) is 26.0 Å². The van der Waals surface area contributed by atoms with Gasteiger partial charge in [-0.3, -0.25) is 4.90 Å². The lowest BCUT2D eigenvalue weighted by Gasteiger charge is -2.26. The van der Waals surface area contributed by atoms with Crippen molar-refractivity contribution in [1.29, 1.82) is 0 Å². The average Bonchev–Trinajstić information content (AvgIpc) is 2.92. The second-order valence-corrected chi connectivity index (χ2v) is 5.75. The summed E-state index contributed by atoms with van der Waals surface area (Å²) in [6.45, 7) is 6.28. The van der Waals surface area contributed by atoms with E-state index >= 15 is 0 Å². The van der Waals surface area contributed by atoms with Crippen LogP contribution in [0.25, 0.3) is 11.8 Å². The molecule has 25 heavy (non-hydrogen) atoms. The maximum Gasteiger partial charge on any atom is 0.124 e. The summed E-state index contributed by atoms with van der Waals surface area (Å²) in [4.78, 5) is 5.46. The van der Waals surface area contributed by atoms with Gasteiger partial charge in [-0.05, 0) is 23.8 Å². The Hall–Kier alpha value is -2.44. The smallest absolute Gasteiger partial charge is 0.124 e. The van der Waals surface area contributed by atoms with Crippen LogP contribution in [0.3, 0.4) is 0 Å². The molecule has 1 aliphatic rings. The summed E-state index contributed by atoms with van der Waals surface area (Å²) in [7, 11) is 1.69. The molecule has 1 aromatic heterocycles. The minimum atomic E-state index is 0.158. The number of fused-ring (bicyclic) bond motifs is 1. The fraction of sp³-hybridized carbons (Fsp3) is 0.368. The van der Waals surface area contributed by atoms with Gasteiger partial charge >= 0.3 is 0 Å². The molecule has 136 valence electrons. The number of phenolic OH excluding ortho intramolecular Hbond substituents is 1. The highest BCUT2D eigenvalue weighted by Crippen LogP contribution is 2.31. The molecule has 0 spiro atoms. The van der Waals surface area contributed by atoms with Gasteiger partial charge in [0.05, 0.1) is 6.73 Å². The van der Waals surface area contributed by atoms with E-state index in [1.165, 1.54) is 0 Å². The van der Waals surface area contributed by atoms with Gasteiger partial charge < -0.3 is 26.3 Å². The number of nitrogens with two attached hydrogens (primary N) is 2. The SMILES string of the molecule is CC.COCN1CCc2[nH]c(N)c(/C=C(\N)c3ccccc3O)c2C1. The summed E-state index contributed by atoms with van der Waals surface area (Å²) >= 11 is 0. The van der Waals surface area contributed by atoms with Gasteiger partial charge in [0.2, 0.25) is 0 Å². The Morgan fingerprint density at radius 1 is 1.36 bits per heavy atom. The summed E-state index contributed by atoms with van der Waals surface area (Å²) in [6.07, 6.45) is 2.73. The standard InChI is InChI=1S/C17H22N4O2.C2H6/c1-23-10-21-7-6-15-13(9-21)12(17(19)20-15)8-14(18)11-4-2-3-5-16(11)22;1-2/h2-5,8,20,22H,6-7,9-10,18-19H2,1H3;1-2H3/b14-8-;. The van der Waals surface area contributed by atoms with Crippen LogP contribution in [0.15, 0.2) is 24.3 Å². The molecule has 0 amide bonds. The minimum absolute atomic E-state index is 0.158. The molecule has 2 heterocycles. The first kappa shape index (κ1) is 18.9. The number of aromatic nitrogens is 1. The van der Waals surface area contributed by atoms with E-state index < -0.39 is 0 Å². The zero-order valence-corrected chi connectivity index (χ0v) is 15.2. The van der Waals surface area contributed by atoms with Crippen molar-refractivity contribution in [2.45, 2.75) is 26.8 Å². The highest BCUT2D eigenvalue weighted by molar-refractivity contribution is 5.86. The van der Waals surface area contributed by atoms with E-state index in [0.717, 1.165) is 36.3 Å². The second kappa shape index (κ2) is 8.60. The molecule has 0 radical (unpaired) electrons. The zero-order chi connectivity index (χ0) is 18.4.